The van der Waals surface area contributed by atoms with Gasteiger partial charge in [-0.05, 0) is 36.1 Å². The SMILES string of the molecule is COC(=O)C1(c2ccc(S(=O)(=O)N[C@H](C(=O)O)c3ccccc3)cc2)CC1. The van der Waals surface area contributed by atoms with Crippen molar-refractivity contribution in [2.24, 2.45) is 0 Å². The standard InChI is InChI=1S/C19H19NO6S/c1-26-18(23)19(11-12-19)14-7-9-15(10-8-14)27(24,25)20-16(17(21)22)13-5-3-2-4-6-13/h2-10,16,20H,11-12H2,1H3,(H,21,22)/t16-/m0/s1. The first-order chi connectivity index (χ1) is 12.8. The van der Waals surface area contributed by atoms with Gasteiger partial charge in [0.05, 0.1) is 17.4 Å². The number of ether oxygens (including phenoxy) is 1. The van der Waals surface area contributed by atoms with E-state index < -0.39 is 27.4 Å². The van der Waals surface area contributed by atoms with Crippen LogP contribution in [0, 0.1) is 0 Å². The number of carboxylic acid groups (broad SMARTS) is 1. The highest BCUT2D eigenvalue weighted by molar-refractivity contribution is 7.89. The topological polar surface area (TPSA) is 110 Å². The summed E-state index contributed by atoms with van der Waals surface area (Å²) in [4.78, 5) is 23.4. The summed E-state index contributed by atoms with van der Waals surface area (Å²) in [6.07, 6.45) is 1.30. The number of carboxylic acids is 1. The van der Waals surface area contributed by atoms with Gasteiger partial charge in [0.1, 0.15) is 6.04 Å². The first-order valence-corrected chi connectivity index (χ1v) is 9.77. The predicted octanol–water partition coefficient (Wildman–Crippen LogP) is 2.00. The highest BCUT2D eigenvalue weighted by Gasteiger charge is 2.52. The van der Waals surface area contributed by atoms with Gasteiger partial charge in [0.25, 0.3) is 0 Å². The molecule has 0 bridgehead atoms. The van der Waals surface area contributed by atoms with Crippen molar-refractivity contribution in [3.05, 3.63) is 65.7 Å². The van der Waals surface area contributed by atoms with Gasteiger partial charge in [0.15, 0.2) is 0 Å². The van der Waals surface area contributed by atoms with Crippen molar-refractivity contribution < 1.29 is 27.9 Å². The largest absolute Gasteiger partial charge is 0.480 e. The number of hydrogen-bond acceptors (Lipinski definition) is 5. The molecular weight excluding hydrogens is 370 g/mol. The van der Waals surface area contributed by atoms with Crippen LogP contribution in [0.3, 0.4) is 0 Å². The van der Waals surface area contributed by atoms with Gasteiger partial charge < -0.3 is 9.84 Å². The fraction of sp³-hybridized carbons (Fsp3) is 0.263. The lowest BCUT2D eigenvalue weighted by Gasteiger charge is -2.16. The van der Waals surface area contributed by atoms with Crippen molar-refractivity contribution in [3.63, 3.8) is 0 Å². The number of nitrogens with one attached hydrogen (secondary N) is 1. The van der Waals surface area contributed by atoms with E-state index in [1.54, 1.807) is 30.3 Å². The third-order valence-electron chi connectivity index (χ3n) is 4.70. The van der Waals surface area contributed by atoms with Gasteiger partial charge in [-0.3, -0.25) is 9.59 Å². The number of methoxy groups -OCH3 is 1. The zero-order chi connectivity index (χ0) is 19.7. The molecule has 0 amide bonds. The minimum atomic E-state index is -4.07. The highest BCUT2D eigenvalue weighted by Crippen LogP contribution is 2.49. The fourth-order valence-corrected chi connectivity index (χ4v) is 4.19. The molecule has 0 aromatic heterocycles. The number of carbonyl (C=O) groups excluding carboxylic acids is 1. The number of sulfonamides is 1. The van der Waals surface area contributed by atoms with E-state index in [0.717, 1.165) is 0 Å². The molecule has 7 nitrogen and oxygen atoms in total. The van der Waals surface area contributed by atoms with Crippen molar-refractivity contribution in [3.8, 4) is 0 Å². The third-order valence-corrected chi connectivity index (χ3v) is 6.13. The van der Waals surface area contributed by atoms with Gasteiger partial charge in [0.2, 0.25) is 10.0 Å². The summed E-state index contributed by atoms with van der Waals surface area (Å²) < 4.78 is 32.3. The Morgan fingerprint density at radius 3 is 2.15 bits per heavy atom. The Morgan fingerprint density at radius 2 is 1.67 bits per heavy atom. The molecule has 0 heterocycles. The minimum Gasteiger partial charge on any atom is -0.480 e. The number of rotatable bonds is 7. The minimum absolute atomic E-state index is 0.0749. The summed E-state index contributed by atoms with van der Waals surface area (Å²) in [6, 6.07) is 12.5. The molecule has 1 saturated carbocycles. The number of benzene rings is 2. The van der Waals surface area contributed by atoms with Crippen LogP contribution >= 0.6 is 0 Å². The fourth-order valence-electron chi connectivity index (χ4n) is 3.01. The van der Waals surface area contributed by atoms with E-state index in [0.29, 0.717) is 24.0 Å². The first kappa shape index (κ1) is 19.1. The van der Waals surface area contributed by atoms with Gasteiger partial charge in [-0.15, -0.1) is 0 Å². The summed E-state index contributed by atoms with van der Waals surface area (Å²) >= 11 is 0. The average molecular weight is 389 g/mol. The molecule has 0 spiro atoms. The Bertz CT molecular complexity index is 949. The maximum Gasteiger partial charge on any atom is 0.326 e. The Morgan fingerprint density at radius 1 is 1.07 bits per heavy atom. The molecule has 2 aromatic rings. The molecule has 0 aliphatic heterocycles. The first-order valence-electron chi connectivity index (χ1n) is 8.29. The van der Waals surface area contributed by atoms with Crippen molar-refractivity contribution in [1.82, 2.24) is 4.72 Å². The van der Waals surface area contributed by atoms with Gasteiger partial charge in [-0.25, -0.2) is 8.42 Å². The molecule has 142 valence electrons. The van der Waals surface area contributed by atoms with E-state index in [9.17, 15) is 23.1 Å². The van der Waals surface area contributed by atoms with E-state index in [1.165, 1.54) is 31.4 Å². The second-order valence-corrected chi connectivity index (χ2v) is 8.12. The molecule has 0 radical (unpaired) electrons. The van der Waals surface area contributed by atoms with Crippen LogP contribution in [0.15, 0.2) is 59.5 Å². The van der Waals surface area contributed by atoms with Gasteiger partial charge in [0, 0.05) is 0 Å². The van der Waals surface area contributed by atoms with E-state index in [2.05, 4.69) is 4.72 Å². The van der Waals surface area contributed by atoms with Crippen molar-refractivity contribution in [1.29, 1.82) is 0 Å². The molecule has 0 saturated heterocycles. The van der Waals surface area contributed by atoms with Crippen LogP contribution in [0.1, 0.15) is 30.0 Å². The van der Waals surface area contributed by atoms with E-state index >= 15 is 0 Å². The highest BCUT2D eigenvalue weighted by atomic mass is 32.2. The van der Waals surface area contributed by atoms with Crippen LogP contribution in [-0.4, -0.2) is 32.6 Å². The molecule has 1 fully saturated rings. The second kappa shape index (κ2) is 7.13. The molecular formula is C19H19NO6S. The van der Waals surface area contributed by atoms with Gasteiger partial charge >= 0.3 is 11.9 Å². The van der Waals surface area contributed by atoms with Crippen molar-refractivity contribution >= 4 is 22.0 Å². The molecule has 1 aliphatic rings. The van der Waals surface area contributed by atoms with Crippen LogP contribution in [-0.2, 0) is 29.8 Å². The lowest BCUT2D eigenvalue weighted by atomic mass is 9.96. The van der Waals surface area contributed by atoms with Crippen LogP contribution in [0.4, 0.5) is 0 Å². The summed E-state index contributed by atoms with van der Waals surface area (Å²) in [5.74, 6) is -1.64. The Balaban J connectivity index is 1.85. The molecule has 3 rings (SSSR count). The quantitative estimate of drug-likeness (QED) is 0.701. The van der Waals surface area contributed by atoms with E-state index in [1.807, 2.05) is 0 Å². The van der Waals surface area contributed by atoms with Crippen LogP contribution in [0.5, 0.6) is 0 Å². The average Bonchev–Trinajstić information content (AvgIpc) is 3.48. The summed E-state index contributed by atoms with van der Waals surface area (Å²) in [7, 11) is -2.75. The monoisotopic (exact) mass is 389 g/mol. The number of carbonyl (C=O) groups is 2. The van der Waals surface area contributed by atoms with Crippen LogP contribution in [0.25, 0.3) is 0 Å². The zero-order valence-corrected chi connectivity index (χ0v) is 15.4. The third kappa shape index (κ3) is 3.72. The number of hydrogen-bond donors (Lipinski definition) is 2. The smallest absolute Gasteiger partial charge is 0.326 e. The van der Waals surface area contributed by atoms with E-state index in [-0.39, 0.29) is 10.9 Å². The molecule has 27 heavy (non-hydrogen) atoms. The Labute approximate surface area is 157 Å². The number of esters is 1. The molecule has 1 atom stereocenters. The normalized spacial score (nSPS) is 16.3. The summed E-state index contributed by atoms with van der Waals surface area (Å²) in [5.41, 5.74) is 0.317. The molecule has 8 heteroatoms. The Kier molecular flexibility index (Phi) is 5.03. The predicted molar refractivity (Wildman–Crippen MR) is 96.5 cm³/mol. The van der Waals surface area contributed by atoms with E-state index in [4.69, 9.17) is 4.74 Å². The Hall–Kier alpha value is -2.71. The lowest BCUT2D eigenvalue weighted by Crippen LogP contribution is -2.33. The number of aliphatic carboxylic acids is 1. The molecule has 0 unspecified atom stereocenters. The van der Waals surface area contributed by atoms with Gasteiger partial charge in [-0.2, -0.15) is 4.72 Å². The second-order valence-electron chi connectivity index (χ2n) is 6.40. The zero-order valence-electron chi connectivity index (χ0n) is 14.6. The van der Waals surface area contributed by atoms with Crippen LogP contribution < -0.4 is 4.72 Å². The molecule has 2 N–H and O–H groups in total. The lowest BCUT2D eigenvalue weighted by molar-refractivity contribution is -0.143. The van der Waals surface area contributed by atoms with Crippen LogP contribution in [0.2, 0.25) is 0 Å². The molecule has 1 aliphatic carbocycles. The molecule has 2 aromatic carbocycles. The van der Waals surface area contributed by atoms with Crippen molar-refractivity contribution in [2.45, 2.75) is 29.2 Å². The van der Waals surface area contributed by atoms with Crippen molar-refractivity contribution in [2.75, 3.05) is 7.11 Å². The maximum absolute atomic E-state index is 12.6. The summed E-state index contributed by atoms with van der Waals surface area (Å²) in [6.45, 7) is 0. The summed E-state index contributed by atoms with van der Waals surface area (Å²) in [5, 5.41) is 9.41. The maximum atomic E-state index is 12.6. The van der Waals surface area contributed by atoms with Gasteiger partial charge in [-0.1, -0.05) is 42.5 Å².